The van der Waals surface area contributed by atoms with Crippen molar-refractivity contribution in [3.63, 3.8) is 0 Å². The molecule has 1 fully saturated rings. The van der Waals surface area contributed by atoms with Gasteiger partial charge in [-0.2, -0.15) is 0 Å². The Hall–Kier alpha value is -0.520. The Labute approximate surface area is 94.5 Å². The third kappa shape index (κ3) is 1.91. The van der Waals surface area contributed by atoms with Crippen molar-refractivity contribution in [1.82, 2.24) is 0 Å². The third-order valence-electron chi connectivity index (χ3n) is 4.50. The summed E-state index contributed by atoms with van der Waals surface area (Å²) < 4.78 is 0. The van der Waals surface area contributed by atoms with E-state index in [9.17, 15) is 0 Å². The van der Waals surface area contributed by atoms with E-state index in [-0.39, 0.29) is 0 Å². The van der Waals surface area contributed by atoms with E-state index in [0.717, 1.165) is 11.8 Å². The van der Waals surface area contributed by atoms with Crippen LogP contribution in [0.5, 0.6) is 0 Å². The van der Waals surface area contributed by atoms with Crippen molar-refractivity contribution < 1.29 is 0 Å². The fourth-order valence-electron chi connectivity index (χ4n) is 3.28. The van der Waals surface area contributed by atoms with Gasteiger partial charge in [-0.3, -0.25) is 0 Å². The molecular weight excluding hydrogens is 180 g/mol. The second-order valence-corrected chi connectivity index (χ2v) is 6.04. The van der Waals surface area contributed by atoms with E-state index < -0.39 is 0 Å². The average molecular weight is 204 g/mol. The minimum atomic E-state index is 0.473. The number of hydrogen-bond donors (Lipinski definition) is 0. The largest absolute Gasteiger partial charge is 0.0955 e. The second kappa shape index (κ2) is 3.81. The van der Waals surface area contributed by atoms with Gasteiger partial charge in [-0.15, -0.1) is 0 Å². The van der Waals surface area contributed by atoms with Gasteiger partial charge in [0, 0.05) is 0 Å². The van der Waals surface area contributed by atoms with Gasteiger partial charge in [0.1, 0.15) is 0 Å². The second-order valence-electron chi connectivity index (χ2n) is 6.04. The zero-order valence-corrected chi connectivity index (χ0v) is 10.5. The lowest BCUT2D eigenvalue weighted by molar-refractivity contribution is 0.244. The quantitative estimate of drug-likeness (QED) is 0.579. The maximum absolute atomic E-state index is 4.27. The van der Waals surface area contributed by atoms with Crippen molar-refractivity contribution in [3.05, 3.63) is 23.8 Å². The van der Waals surface area contributed by atoms with Gasteiger partial charge in [-0.05, 0) is 54.9 Å². The standard InChI is InChI=1S/C15H24/c1-11(2)13-7-9-15(4)8-5-6-12(3)14(15)10-13/h10-11,13H,3,5-9H2,1-2,4H3/t13?,15-/m1/s1. The van der Waals surface area contributed by atoms with Crippen molar-refractivity contribution >= 4 is 0 Å². The predicted molar refractivity (Wildman–Crippen MR) is 66.7 cm³/mol. The van der Waals surface area contributed by atoms with Crippen LogP contribution in [0.4, 0.5) is 0 Å². The SMILES string of the molecule is C=C1CCC[C@]2(C)CCC(C(C)C)C=C12. The summed E-state index contributed by atoms with van der Waals surface area (Å²) in [5, 5.41) is 0. The van der Waals surface area contributed by atoms with Crippen LogP contribution in [-0.2, 0) is 0 Å². The topological polar surface area (TPSA) is 0 Å². The van der Waals surface area contributed by atoms with Gasteiger partial charge in [0.15, 0.2) is 0 Å². The van der Waals surface area contributed by atoms with Crippen LogP contribution in [0, 0.1) is 17.3 Å². The molecule has 0 amide bonds. The lowest BCUT2D eigenvalue weighted by Crippen LogP contribution is -2.30. The number of hydrogen-bond acceptors (Lipinski definition) is 0. The monoisotopic (exact) mass is 204 g/mol. The Balaban J connectivity index is 2.30. The molecule has 0 bridgehead atoms. The van der Waals surface area contributed by atoms with Crippen molar-refractivity contribution in [2.45, 2.75) is 52.9 Å². The zero-order chi connectivity index (χ0) is 11.1. The highest BCUT2D eigenvalue weighted by Gasteiger charge is 2.37. The van der Waals surface area contributed by atoms with Crippen molar-refractivity contribution in [3.8, 4) is 0 Å². The molecule has 0 radical (unpaired) electrons. The van der Waals surface area contributed by atoms with Gasteiger partial charge in [0.25, 0.3) is 0 Å². The fourth-order valence-corrected chi connectivity index (χ4v) is 3.28. The molecular formula is C15H24. The van der Waals surface area contributed by atoms with E-state index >= 15 is 0 Å². The molecule has 0 heteroatoms. The van der Waals surface area contributed by atoms with E-state index in [4.69, 9.17) is 0 Å². The van der Waals surface area contributed by atoms with Gasteiger partial charge in [-0.1, -0.05) is 39.0 Å². The lowest BCUT2D eigenvalue weighted by Gasteiger charge is -2.43. The molecule has 0 nitrogen and oxygen atoms in total. The Morgan fingerprint density at radius 2 is 2.13 bits per heavy atom. The first-order chi connectivity index (χ1) is 7.03. The summed E-state index contributed by atoms with van der Waals surface area (Å²) >= 11 is 0. The molecule has 84 valence electrons. The molecule has 1 unspecified atom stereocenters. The van der Waals surface area contributed by atoms with Gasteiger partial charge in [-0.25, -0.2) is 0 Å². The maximum Gasteiger partial charge on any atom is -0.00755 e. The Morgan fingerprint density at radius 3 is 2.80 bits per heavy atom. The molecule has 2 rings (SSSR count). The van der Waals surface area contributed by atoms with Crippen LogP contribution in [0.25, 0.3) is 0 Å². The van der Waals surface area contributed by atoms with E-state index in [2.05, 4.69) is 33.4 Å². The normalized spacial score (nSPS) is 36.4. The first-order valence-electron chi connectivity index (χ1n) is 6.43. The molecule has 0 aliphatic heterocycles. The van der Waals surface area contributed by atoms with Crippen molar-refractivity contribution in [2.24, 2.45) is 17.3 Å². The molecule has 0 aromatic rings. The molecule has 0 aromatic carbocycles. The van der Waals surface area contributed by atoms with Gasteiger partial charge >= 0.3 is 0 Å². The summed E-state index contributed by atoms with van der Waals surface area (Å²) in [6.07, 6.45) is 9.26. The van der Waals surface area contributed by atoms with Crippen molar-refractivity contribution in [1.29, 1.82) is 0 Å². The van der Waals surface area contributed by atoms with Crippen LogP contribution in [0.2, 0.25) is 0 Å². The third-order valence-corrected chi connectivity index (χ3v) is 4.50. The van der Waals surface area contributed by atoms with Crippen LogP contribution >= 0.6 is 0 Å². The van der Waals surface area contributed by atoms with Crippen LogP contribution in [-0.4, -0.2) is 0 Å². The van der Waals surface area contributed by atoms with Gasteiger partial charge < -0.3 is 0 Å². The van der Waals surface area contributed by atoms with Gasteiger partial charge in [0.05, 0.1) is 0 Å². The molecule has 0 aromatic heterocycles. The lowest BCUT2D eigenvalue weighted by atomic mass is 9.62. The van der Waals surface area contributed by atoms with Gasteiger partial charge in [0.2, 0.25) is 0 Å². The van der Waals surface area contributed by atoms with Crippen LogP contribution in [0.15, 0.2) is 23.8 Å². The average Bonchev–Trinajstić information content (AvgIpc) is 2.17. The molecule has 2 aliphatic rings. The minimum absolute atomic E-state index is 0.473. The molecule has 0 N–H and O–H groups in total. The first kappa shape index (κ1) is 11.0. The zero-order valence-electron chi connectivity index (χ0n) is 10.5. The maximum atomic E-state index is 4.27. The molecule has 1 saturated carbocycles. The predicted octanol–water partition coefficient (Wildman–Crippen LogP) is 4.73. The Kier molecular flexibility index (Phi) is 2.79. The summed E-state index contributed by atoms with van der Waals surface area (Å²) in [5.74, 6) is 1.58. The molecule has 0 heterocycles. The highest BCUT2D eigenvalue weighted by atomic mass is 14.4. The van der Waals surface area contributed by atoms with E-state index in [1.165, 1.54) is 37.7 Å². The first-order valence-corrected chi connectivity index (χ1v) is 6.43. The van der Waals surface area contributed by atoms with E-state index in [1.54, 1.807) is 5.57 Å². The smallest absolute Gasteiger partial charge is 0.00755 e. The highest BCUT2D eigenvalue weighted by Crippen LogP contribution is 2.50. The summed E-state index contributed by atoms with van der Waals surface area (Å²) in [5.41, 5.74) is 3.51. The summed E-state index contributed by atoms with van der Waals surface area (Å²) in [6.45, 7) is 11.4. The Bertz CT molecular complexity index is 295. The molecule has 0 spiro atoms. The van der Waals surface area contributed by atoms with Crippen LogP contribution < -0.4 is 0 Å². The van der Waals surface area contributed by atoms with Crippen LogP contribution in [0.3, 0.4) is 0 Å². The molecule has 2 aliphatic carbocycles. The molecule has 15 heavy (non-hydrogen) atoms. The number of fused-ring (bicyclic) bond motifs is 1. The number of rotatable bonds is 1. The van der Waals surface area contributed by atoms with E-state index in [1.807, 2.05) is 0 Å². The highest BCUT2D eigenvalue weighted by molar-refractivity contribution is 5.38. The molecule has 2 atom stereocenters. The molecule has 0 saturated heterocycles. The van der Waals surface area contributed by atoms with Crippen molar-refractivity contribution in [2.75, 3.05) is 0 Å². The summed E-state index contributed by atoms with van der Waals surface area (Å²) in [7, 11) is 0. The van der Waals surface area contributed by atoms with Crippen LogP contribution in [0.1, 0.15) is 52.9 Å². The summed E-state index contributed by atoms with van der Waals surface area (Å²) in [4.78, 5) is 0. The Morgan fingerprint density at radius 1 is 1.40 bits per heavy atom. The fraction of sp³-hybridized carbons (Fsp3) is 0.733. The van der Waals surface area contributed by atoms with E-state index in [0.29, 0.717) is 5.41 Å². The number of allylic oxidation sites excluding steroid dienone is 3. The summed E-state index contributed by atoms with van der Waals surface area (Å²) in [6, 6.07) is 0. The minimum Gasteiger partial charge on any atom is -0.0955 e.